The second kappa shape index (κ2) is 6.30. The maximum absolute atomic E-state index is 5.36. The van der Waals surface area contributed by atoms with Crippen LogP contribution in [-0.4, -0.2) is 30.4 Å². The number of hydrogen-bond acceptors (Lipinski definition) is 4. The Morgan fingerprint density at radius 1 is 1.14 bits per heavy atom. The third-order valence-electron chi connectivity index (χ3n) is 3.38. The van der Waals surface area contributed by atoms with E-state index in [-0.39, 0.29) is 0 Å². The Bertz CT molecular complexity index is 776. The molecule has 3 rings (SSSR count). The number of aromatic nitrogens is 2. The predicted octanol–water partition coefficient (Wildman–Crippen LogP) is 3.20. The van der Waals surface area contributed by atoms with Crippen molar-refractivity contribution in [3.05, 3.63) is 53.9 Å². The summed E-state index contributed by atoms with van der Waals surface area (Å²) in [7, 11) is 3.27. The molecule has 22 heavy (non-hydrogen) atoms. The number of rotatable bonds is 5. The first kappa shape index (κ1) is 14.1. The highest BCUT2D eigenvalue weighted by Gasteiger charge is 2.04. The van der Waals surface area contributed by atoms with Gasteiger partial charge in [0.15, 0.2) is 0 Å². The first-order valence-corrected chi connectivity index (χ1v) is 6.95. The van der Waals surface area contributed by atoms with Crippen LogP contribution in [-0.2, 0) is 6.54 Å². The van der Waals surface area contributed by atoms with Crippen molar-refractivity contribution in [3.8, 4) is 11.5 Å². The normalized spacial score (nSPS) is 11.2. The van der Waals surface area contributed by atoms with Gasteiger partial charge in [0, 0.05) is 11.6 Å². The number of methoxy groups -OCH3 is 2. The molecule has 2 aromatic carbocycles. The molecule has 0 fully saturated rings. The number of nitrogens with zero attached hydrogens (tertiary/aromatic N) is 2. The average molecular weight is 295 g/mol. The number of imidazole rings is 1. The van der Waals surface area contributed by atoms with Crippen LogP contribution in [0.1, 0.15) is 11.4 Å². The van der Waals surface area contributed by atoms with E-state index in [2.05, 4.69) is 15.0 Å². The van der Waals surface area contributed by atoms with Crippen molar-refractivity contribution in [2.75, 3.05) is 14.2 Å². The maximum atomic E-state index is 5.36. The minimum Gasteiger partial charge on any atom is -0.497 e. The van der Waals surface area contributed by atoms with E-state index in [1.165, 1.54) is 0 Å². The molecule has 1 N–H and O–H groups in total. The number of fused-ring (bicyclic) bond motifs is 1. The molecular formula is C17H17N3O2. The Balaban J connectivity index is 1.76. The molecular weight excluding hydrogens is 278 g/mol. The highest BCUT2D eigenvalue weighted by atomic mass is 16.5. The lowest BCUT2D eigenvalue weighted by Gasteiger charge is -2.08. The van der Waals surface area contributed by atoms with Crippen molar-refractivity contribution in [1.29, 1.82) is 0 Å². The van der Waals surface area contributed by atoms with Gasteiger partial charge in [0.05, 0.1) is 38.0 Å². The van der Waals surface area contributed by atoms with Crippen molar-refractivity contribution in [2.45, 2.75) is 6.54 Å². The zero-order valence-corrected chi connectivity index (χ0v) is 12.5. The molecule has 0 saturated carbocycles. The number of ether oxygens (including phenoxy) is 2. The van der Waals surface area contributed by atoms with Gasteiger partial charge in [-0.2, -0.15) is 0 Å². The molecule has 5 heteroatoms. The van der Waals surface area contributed by atoms with E-state index in [4.69, 9.17) is 9.47 Å². The first-order chi connectivity index (χ1) is 10.8. The van der Waals surface area contributed by atoms with Crippen LogP contribution < -0.4 is 9.47 Å². The van der Waals surface area contributed by atoms with E-state index in [1.807, 2.05) is 42.5 Å². The number of aromatic amines is 1. The van der Waals surface area contributed by atoms with Crippen LogP contribution >= 0.6 is 0 Å². The quantitative estimate of drug-likeness (QED) is 0.735. The van der Waals surface area contributed by atoms with Gasteiger partial charge in [0.2, 0.25) is 0 Å². The predicted molar refractivity (Wildman–Crippen MR) is 86.9 cm³/mol. The molecule has 0 unspecified atom stereocenters. The second-order valence-electron chi connectivity index (χ2n) is 4.79. The van der Waals surface area contributed by atoms with Crippen LogP contribution in [0.25, 0.3) is 11.0 Å². The van der Waals surface area contributed by atoms with Gasteiger partial charge in [-0.15, -0.1) is 0 Å². The van der Waals surface area contributed by atoms with Crippen LogP contribution in [0.2, 0.25) is 0 Å². The van der Waals surface area contributed by atoms with E-state index >= 15 is 0 Å². The number of para-hydroxylation sites is 2. The van der Waals surface area contributed by atoms with Crippen LogP contribution in [0.15, 0.2) is 47.5 Å². The van der Waals surface area contributed by atoms with Crippen LogP contribution in [0.3, 0.4) is 0 Å². The van der Waals surface area contributed by atoms with Crippen LogP contribution in [0, 0.1) is 0 Å². The minimum absolute atomic E-state index is 0.518. The summed E-state index contributed by atoms with van der Waals surface area (Å²) < 4.78 is 10.5. The molecule has 3 aromatic rings. The van der Waals surface area contributed by atoms with E-state index in [0.29, 0.717) is 6.54 Å². The first-order valence-electron chi connectivity index (χ1n) is 6.95. The van der Waals surface area contributed by atoms with Gasteiger partial charge < -0.3 is 14.5 Å². The summed E-state index contributed by atoms with van der Waals surface area (Å²) >= 11 is 0. The van der Waals surface area contributed by atoms with Crippen molar-refractivity contribution in [3.63, 3.8) is 0 Å². The SMILES string of the molecule is COc1ccc(CN=Cc2nc3ccccc3[nH]2)c(OC)c1. The molecule has 0 bridgehead atoms. The summed E-state index contributed by atoms with van der Waals surface area (Å²) in [6.07, 6.45) is 1.74. The molecule has 0 radical (unpaired) electrons. The maximum Gasteiger partial charge on any atom is 0.149 e. The van der Waals surface area contributed by atoms with E-state index < -0.39 is 0 Å². The molecule has 0 spiro atoms. The lowest BCUT2D eigenvalue weighted by atomic mass is 10.2. The average Bonchev–Trinajstić information content (AvgIpc) is 2.97. The Kier molecular flexibility index (Phi) is 4.05. The lowest BCUT2D eigenvalue weighted by Crippen LogP contribution is -1.93. The third-order valence-corrected chi connectivity index (χ3v) is 3.38. The minimum atomic E-state index is 0.518. The Morgan fingerprint density at radius 2 is 2.00 bits per heavy atom. The molecule has 0 amide bonds. The van der Waals surface area contributed by atoms with Gasteiger partial charge in [-0.25, -0.2) is 4.98 Å². The number of hydrogen-bond donors (Lipinski definition) is 1. The van der Waals surface area contributed by atoms with Gasteiger partial charge in [-0.05, 0) is 24.3 Å². The summed E-state index contributed by atoms with van der Waals surface area (Å²) in [4.78, 5) is 12.1. The number of aliphatic imine (C=N–C) groups is 1. The van der Waals surface area contributed by atoms with Crippen LogP contribution in [0.4, 0.5) is 0 Å². The summed E-state index contributed by atoms with van der Waals surface area (Å²) in [5.41, 5.74) is 2.94. The third kappa shape index (κ3) is 2.93. The van der Waals surface area contributed by atoms with Crippen molar-refractivity contribution in [1.82, 2.24) is 9.97 Å². The van der Waals surface area contributed by atoms with Gasteiger partial charge in [0.1, 0.15) is 17.3 Å². The molecule has 0 atom stereocenters. The fourth-order valence-electron chi connectivity index (χ4n) is 2.25. The van der Waals surface area contributed by atoms with Crippen molar-refractivity contribution >= 4 is 17.2 Å². The summed E-state index contributed by atoms with van der Waals surface area (Å²) in [6, 6.07) is 13.6. The van der Waals surface area contributed by atoms with E-state index in [0.717, 1.165) is 33.9 Å². The fraction of sp³-hybridized carbons (Fsp3) is 0.176. The number of benzene rings is 2. The molecule has 112 valence electrons. The smallest absolute Gasteiger partial charge is 0.149 e. The molecule has 5 nitrogen and oxygen atoms in total. The van der Waals surface area contributed by atoms with Crippen molar-refractivity contribution in [2.24, 2.45) is 4.99 Å². The molecule has 0 aliphatic carbocycles. The topological polar surface area (TPSA) is 59.5 Å². The Hall–Kier alpha value is -2.82. The largest absolute Gasteiger partial charge is 0.497 e. The molecule has 0 aliphatic heterocycles. The summed E-state index contributed by atoms with van der Waals surface area (Å²) in [5, 5.41) is 0. The van der Waals surface area contributed by atoms with Crippen molar-refractivity contribution < 1.29 is 9.47 Å². The lowest BCUT2D eigenvalue weighted by molar-refractivity contribution is 0.391. The summed E-state index contributed by atoms with van der Waals surface area (Å²) in [5.74, 6) is 2.27. The Labute approximate surface area is 128 Å². The van der Waals surface area contributed by atoms with Gasteiger partial charge in [-0.1, -0.05) is 12.1 Å². The second-order valence-corrected chi connectivity index (χ2v) is 4.79. The highest BCUT2D eigenvalue weighted by Crippen LogP contribution is 2.25. The van der Waals surface area contributed by atoms with E-state index in [9.17, 15) is 0 Å². The standard InChI is InChI=1S/C17H17N3O2/c1-21-13-8-7-12(16(9-13)22-2)10-18-11-17-19-14-5-3-4-6-15(14)20-17/h3-9,11H,10H2,1-2H3,(H,19,20). The molecule has 0 saturated heterocycles. The van der Waals surface area contributed by atoms with E-state index in [1.54, 1.807) is 20.4 Å². The number of H-pyrrole nitrogens is 1. The fourth-order valence-corrected chi connectivity index (χ4v) is 2.25. The zero-order valence-electron chi connectivity index (χ0n) is 12.5. The monoisotopic (exact) mass is 295 g/mol. The zero-order chi connectivity index (χ0) is 15.4. The molecule has 1 heterocycles. The van der Waals surface area contributed by atoms with Crippen LogP contribution in [0.5, 0.6) is 11.5 Å². The van der Waals surface area contributed by atoms with Gasteiger partial charge >= 0.3 is 0 Å². The van der Waals surface area contributed by atoms with Gasteiger partial charge in [-0.3, -0.25) is 4.99 Å². The summed E-state index contributed by atoms with van der Waals surface area (Å²) in [6.45, 7) is 0.518. The molecule has 1 aromatic heterocycles. The highest BCUT2D eigenvalue weighted by molar-refractivity contribution is 5.83. The van der Waals surface area contributed by atoms with Gasteiger partial charge in [0.25, 0.3) is 0 Å². The number of nitrogens with one attached hydrogen (secondary N) is 1. The molecule has 0 aliphatic rings. The Morgan fingerprint density at radius 3 is 2.77 bits per heavy atom.